The van der Waals surface area contributed by atoms with Crippen LogP contribution in [0.15, 0.2) is 23.4 Å². The van der Waals surface area contributed by atoms with E-state index in [9.17, 15) is 4.79 Å². The standard InChI is InChI=1S/C15H20N4O2S/c1-5-19-11(3)17-18-15(19)22-9-14(20)16-12-8-10(2)6-7-13(12)21-4/h6-8H,5,9H2,1-4H3,(H,16,20). The van der Waals surface area contributed by atoms with E-state index in [-0.39, 0.29) is 11.7 Å². The Bertz CT molecular complexity index is 670. The average molecular weight is 320 g/mol. The third-order valence-electron chi connectivity index (χ3n) is 3.18. The first-order valence-corrected chi connectivity index (χ1v) is 8.00. The summed E-state index contributed by atoms with van der Waals surface area (Å²) in [5.41, 5.74) is 1.74. The third kappa shape index (κ3) is 3.79. The van der Waals surface area contributed by atoms with Crippen molar-refractivity contribution in [2.24, 2.45) is 0 Å². The van der Waals surface area contributed by atoms with Crippen LogP contribution in [0.2, 0.25) is 0 Å². The molecule has 0 aliphatic carbocycles. The van der Waals surface area contributed by atoms with Crippen LogP contribution in [-0.4, -0.2) is 33.5 Å². The first kappa shape index (κ1) is 16.4. The van der Waals surface area contributed by atoms with Crippen molar-refractivity contribution in [3.8, 4) is 5.75 Å². The summed E-state index contributed by atoms with van der Waals surface area (Å²) in [5.74, 6) is 1.68. The predicted molar refractivity (Wildman–Crippen MR) is 87.5 cm³/mol. The maximum Gasteiger partial charge on any atom is 0.234 e. The molecule has 1 amide bonds. The van der Waals surface area contributed by atoms with Gasteiger partial charge in [0.2, 0.25) is 5.91 Å². The van der Waals surface area contributed by atoms with Gasteiger partial charge in [-0.25, -0.2) is 0 Å². The molecule has 1 aromatic heterocycles. The second kappa shape index (κ2) is 7.31. The molecule has 118 valence electrons. The van der Waals surface area contributed by atoms with E-state index in [1.54, 1.807) is 7.11 Å². The third-order valence-corrected chi connectivity index (χ3v) is 4.15. The Kier molecular flexibility index (Phi) is 5.43. The number of carbonyl (C=O) groups excluding carboxylic acids is 1. The largest absolute Gasteiger partial charge is 0.495 e. The Balaban J connectivity index is 2.00. The number of aromatic nitrogens is 3. The number of hydrogen-bond acceptors (Lipinski definition) is 5. The highest BCUT2D eigenvalue weighted by atomic mass is 32.2. The molecular weight excluding hydrogens is 300 g/mol. The van der Waals surface area contributed by atoms with Gasteiger partial charge in [0.1, 0.15) is 11.6 Å². The molecule has 7 heteroatoms. The fraction of sp³-hybridized carbons (Fsp3) is 0.400. The Labute approximate surface area is 134 Å². The average Bonchev–Trinajstić information content (AvgIpc) is 2.85. The number of hydrogen-bond donors (Lipinski definition) is 1. The van der Waals surface area contributed by atoms with Gasteiger partial charge in [-0.15, -0.1) is 10.2 Å². The van der Waals surface area contributed by atoms with Crippen LogP contribution in [-0.2, 0) is 11.3 Å². The quantitative estimate of drug-likeness (QED) is 0.829. The van der Waals surface area contributed by atoms with Crippen LogP contribution in [0.25, 0.3) is 0 Å². The zero-order valence-electron chi connectivity index (χ0n) is 13.2. The second-order valence-electron chi connectivity index (χ2n) is 4.81. The van der Waals surface area contributed by atoms with Crippen LogP contribution in [0, 0.1) is 13.8 Å². The number of thioether (sulfide) groups is 1. The lowest BCUT2D eigenvalue weighted by molar-refractivity contribution is -0.113. The minimum atomic E-state index is -0.0998. The summed E-state index contributed by atoms with van der Waals surface area (Å²) in [4.78, 5) is 12.1. The highest BCUT2D eigenvalue weighted by Gasteiger charge is 2.12. The molecule has 0 spiro atoms. The molecule has 0 aliphatic rings. The number of anilines is 1. The first-order valence-electron chi connectivity index (χ1n) is 7.02. The van der Waals surface area contributed by atoms with E-state index in [1.807, 2.05) is 43.5 Å². The summed E-state index contributed by atoms with van der Waals surface area (Å²) in [7, 11) is 1.58. The van der Waals surface area contributed by atoms with E-state index in [1.165, 1.54) is 11.8 Å². The van der Waals surface area contributed by atoms with E-state index in [0.29, 0.717) is 11.4 Å². The molecule has 0 aliphatic heterocycles. The molecule has 1 aromatic carbocycles. The number of rotatable bonds is 6. The van der Waals surface area contributed by atoms with E-state index in [4.69, 9.17) is 4.74 Å². The van der Waals surface area contributed by atoms with Gasteiger partial charge in [0.05, 0.1) is 18.6 Å². The van der Waals surface area contributed by atoms with Gasteiger partial charge in [-0.1, -0.05) is 17.8 Å². The highest BCUT2D eigenvalue weighted by Crippen LogP contribution is 2.25. The predicted octanol–water partition coefficient (Wildman–Crippen LogP) is 2.65. The zero-order valence-corrected chi connectivity index (χ0v) is 14.0. The first-order chi connectivity index (χ1) is 10.5. The van der Waals surface area contributed by atoms with Gasteiger partial charge in [-0.2, -0.15) is 0 Å². The van der Waals surface area contributed by atoms with Crippen LogP contribution >= 0.6 is 11.8 Å². The molecule has 0 unspecified atom stereocenters. The van der Waals surface area contributed by atoms with E-state index in [0.717, 1.165) is 23.1 Å². The number of amides is 1. The molecule has 2 aromatic rings. The smallest absolute Gasteiger partial charge is 0.234 e. The van der Waals surface area contributed by atoms with Crippen molar-refractivity contribution in [3.63, 3.8) is 0 Å². The molecule has 1 heterocycles. The van der Waals surface area contributed by atoms with Crippen LogP contribution in [0.1, 0.15) is 18.3 Å². The Morgan fingerprint density at radius 3 is 2.82 bits per heavy atom. The topological polar surface area (TPSA) is 69.0 Å². The number of nitrogens with zero attached hydrogens (tertiary/aromatic N) is 3. The Morgan fingerprint density at radius 2 is 2.14 bits per heavy atom. The minimum Gasteiger partial charge on any atom is -0.495 e. The number of benzene rings is 1. The molecule has 0 fully saturated rings. The lowest BCUT2D eigenvalue weighted by Gasteiger charge is -2.11. The molecule has 6 nitrogen and oxygen atoms in total. The fourth-order valence-electron chi connectivity index (χ4n) is 2.07. The lowest BCUT2D eigenvalue weighted by atomic mass is 10.2. The summed E-state index contributed by atoms with van der Waals surface area (Å²) in [6.07, 6.45) is 0. The second-order valence-corrected chi connectivity index (χ2v) is 5.76. The minimum absolute atomic E-state index is 0.0998. The van der Waals surface area contributed by atoms with Gasteiger partial charge in [0.15, 0.2) is 5.16 Å². The number of carbonyl (C=O) groups is 1. The van der Waals surface area contributed by atoms with Crippen molar-refractivity contribution in [3.05, 3.63) is 29.6 Å². The molecule has 0 bridgehead atoms. The van der Waals surface area contributed by atoms with Crippen LogP contribution in [0.5, 0.6) is 5.75 Å². The highest BCUT2D eigenvalue weighted by molar-refractivity contribution is 7.99. The molecule has 0 radical (unpaired) electrons. The van der Waals surface area contributed by atoms with Gasteiger partial charge in [-0.3, -0.25) is 4.79 Å². The monoisotopic (exact) mass is 320 g/mol. The normalized spacial score (nSPS) is 10.5. The van der Waals surface area contributed by atoms with Gasteiger partial charge < -0.3 is 14.6 Å². The summed E-state index contributed by atoms with van der Waals surface area (Å²) in [6.45, 7) is 6.68. The molecular formula is C15H20N4O2S. The van der Waals surface area contributed by atoms with Gasteiger partial charge >= 0.3 is 0 Å². The zero-order chi connectivity index (χ0) is 16.1. The van der Waals surface area contributed by atoms with Crippen LogP contribution < -0.4 is 10.1 Å². The van der Waals surface area contributed by atoms with Crippen molar-refractivity contribution >= 4 is 23.4 Å². The molecule has 0 saturated carbocycles. The van der Waals surface area contributed by atoms with Gasteiger partial charge in [0.25, 0.3) is 0 Å². The van der Waals surface area contributed by atoms with Crippen LogP contribution in [0.4, 0.5) is 5.69 Å². The van der Waals surface area contributed by atoms with Gasteiger partial charge in [0, 0.05) is 6.54 Å². The summed E-state index contributed by atoms with van der Waals surface area (Å²) in [6, 6.07) is 5.67. The molecule has 22 heavy (non-hydrogen) atoms. The number of ether oxygens (including phenoxy) is 1. The van der Waals surface area contributed by atoms with Crippen LogP contribution in [0.3, 0.4) is 0 Å². The van der Waals surface area contributed by atoms with Crippen molar-refractivity contribution in [2.45, 2.75) is 32.5 Å². The molecule has 2 rings (SSSR count). The van der Waals surface area contributed by atoms with E-state index >= 15 is 0 Å². The summed E-state index contributed by atoms with van der Waals surface area (Å²) >= 11 is 1.37. The van der Waals surface area contributed by atoms with E-state index in [2.05, 4.69) is 15.5 Å². The lowest BCUT2D eigenvalue weighted by Crippen LogP contribution is -2.15. The number of nitrogens with one attached hydrogen (secondary N) is 1. The summed E-state index contributed by atoms with van der Waals surface area (Å²) in [5, 5.41) is 11.7. The van der Waals surface area contributed by atoms with Gasteiger partial charge in [-0.05, 0) is 38.5 Å². The maximum absolute atomic E-state index is 12.1. The Hall–Kier alpha value is -2.02. The number of aryl methyl sites for hydroxylation is 2. The van der Waals surface area contributed by atoms with Crippen molar-refractivity contribution in [1.29, 1.82) is 0 Å². The molecule has 1 N–H and O–H groups in total. The van der Waals surface area contributed by atoms with Crippen molar-refractivity contribution < 1.29 is 9.53 Å². The SMILES string of the molecule is CCn1c(C)nnc1SCC(=O)Nc1cc(C)ccc1OC. The molecule has 0 saturated heterocycles. The molecule has 0 atom stereocenters. The van der Waals surface area contributed by atoms with Crippen molar-refractivity contribution in [1.82, 2.24) is 14.8 Å². The maximum atomic E-state index is 12.1. The Morgan fingerprint density at radius 1 is 1.36 bits per heavy atom. The van der Waals surface area contributed by atoms with E-state index < -0.39 is 0 Å². The van der Waals surface area contributed by atoms with Crippen molar-refractivity contribution in [2.75, 3.05) is 18.2 Å². The summed E-state index contributed by atoms with van der Waals surface area (Å²) < 4.78 is 7.23. The fourth-order valence-corrected chi connectivity index (χ4v) is 2.92. The number of methoxy groups -OCH3 is 1.